The predicted molar refractivity (Wildman–Crippen MR) is 118 cm³/mol. The maximum absolute atomic E-state index is 10.5. The third-order valence-corrected chi connectivity index (χ3v) is 3.91. The molecule has 2 rings (SSSR count). The van der Waals surface area contributed by atoms with Gasteiger partial charge in [-0.05, 0) is 44.0 Å². The van der Waals surface area contributed by atoms with Gasteiger partial charge in [0.2, 0.25) is 0 Å². The molecule has 7 heteroatoms. The molecular formula is C20H30IN3O3. The summed E-state index contributed by atoms with van der Waals surface area (Å²) in [7, 11) is 0. The van der Waals surface area contributed by atoms with E-state index in [9.17, 15) is 5.11 Å². The molecule has 0 saturated carbocycles. The monoisotopic (exact) mass is 487 g/mol. The molecule has 1 atom stereocenters. The molecule has 27 heavy (non-hydrogen) atoms. The molecule has 0 spiro atoms. The summed E-state index contributed by atoms with van der Waals surface area (Å²) in [5, 5.41) is 16.9. The Labute approximate surface area is 178 Å². The molecule has 2 aromatic rings. The Morgan fingerprint density at radius 2 is 1.85 bits per heavy atom. The largest absolute Gasteiger partial charge is 0.466 e. The number of aliphatic imine (C=N–C) groups is 1. The minimum atomic E-state index is -1.11. The highest BCUT2D eigenvalue weighted by atomic mass is 127. The van der Waals surface area contributed by atoms with Crippen molar-refractivity contribution in [1.29, 1.82) is 0 Å². The van der Waals surface area contributed by atoms with E-state index in [0.717, 1.165) is 17.7 Å². The average Bonchev–Trinajstić information content (AvgIpc) is 3.19. The Hall–Kier alpha value is -1.58. The second-order valence-corrected chi connectivity index (χ2v) is 6.25. The first-order chi connectivity index (χ1) is 12.5. The third kappa shape index (κ3) is 7.90. The van der Waals surface area contributed by atoms with Crippen molar-refractivity contribution >= 4 is 29.9 Å². The van der Waals surface area contributed by atoms with Crippen molar-refractivity contribution in [1.82, 2.24) is 10.6 Å². The van der Waals surface area contributed by atoms with Crippen LogP contribution in [0.25, 0.3) is 0 Å². The van der Waals surface area contributed by atoms with Crippen LogP contribution in [-0.4, -0.2) is 30.8 Å². The van der Waals surface area contributed by atoms with E-state index < -0.39 is 5.60 Å². The lowest BCUT2D eigenvalue weighted by atomic mass is 10.0. The van der Waals surface area contributed by atoms with Crippen LogP contribution in [0.4, 0.5) is 0 Å². The van der Waals surface area contributed by atoms with Gasteiger partial charge in [0.25, 0.3) is 0 Å². The summed E-state index contributed by atoms with van der Waals surface area (Å²) in [6.07, 6.45) is 1.55. The van der Waals surface area contributed by atoms with E-state index in [-0.39, 0.29) is 24.0 Å². The van der Waals surface area contributed by atoms with E-state index in [2.05, 4.69) is 39.9 Å². The number of guanidine groups is 1. The fourth-order valence-electron chi connectivity index (χ4n) is 2.40. The maximum atomic E-state index is 10.5. The number of hydrogen-bond acceptors (Lipinski definition) is 4. The number of nitrogens with one attached hydrogen (secondary N) is 2. The van der Waals surface area contributed by atoms with E-state index in [1.54, 1.807) is 25.3 Å². The van der Waals surface area contributed by atoms with Crippen LogP contribution in [0.5, 0.6) is 0 Å². The highest BCUT2D eigenvalue weighted by Gasteiger charge is 2.26. The first kappa shape index (κ1) is 23.5. The molecule has 0 aliphatic carbocycles. The van der Waals surface area contributed by atoms with Crippen molar-refractivity contribution < 1.29 is 14.3 Å². The minimum Gasteiger partial charge on any atom is -0.466 e. The van der Waals surface area contributed by atoms with E-state index >= 15 is 0 Å². The van der Waals surface area contributed by atoms with Gasteiger partial charge in [-0.2, -0.15) is 0 Å². The van der Waals surface area contributed by atoms with E-state index in [1.165, 1.54) is 0 Å². The maximum Gasteiger partial charge on any atom is 0.191 e. The highest BCUT2D eigenvalue weighted by molar-refractivity contribution is 14.0. The fourth-order valence-corrected chi connectivity index (χ4v) is 2.40. The highest BCUT2D eigenvalue weighted by Crippen LogP contribution is 2.19. The van der Waals surface area contributed by atoms with Gasteiger partial charge < -0.3 is 24.9 Å². The van der Waals surface area contributed by atoms with Crippen LogP contribution in [0.1, 0.15) is 37.7 Å². The van der Waals surface area contributed by atoms with Crippen molar-refractivity contribution in [2.45, 2.75) is 39.5 Å². The van der Waals surface area contributed by atoms with Gasteiger partial charge in [-0.15, -0.1) is 24.0 Å². The Morgan fingerprint density at radius 1 is 1.15 bits per heavy atom. The van der Waals surface area contributed by atoms with Crippen LogP contribution < -0.4 is 10.6 Å². The molecule has 0 amide bonds. The molecule has 1 heterocycles. The molecule has 0 aliphatic rings. The van der Waals surface area contributed by atoms with Gasteiger partial charge >= 0.3 is 0 Å². The van der Waals surface area contributed by atoms with Gasteiger partial charge in [0, 0.05) is 13.2 Å². The molecular weight excluding hydrogens is 457 g/mol. The van der Waals surface area contributed by atoms with Crippen LogP contribution in [0.3, 0.4) is 0 Å². The number of aliphatic hydroxyl groups is 1. The Morgan fingerprint density at radius 3 is 2.44 bits per heavy atom. The summed E-state index contributed by atoms with van der Waals surface area (Å²) in [5.41, 5.74) is 1.15. The van der Waals surface area contributed by atoms with Crippen LogP contribution in [-0.2, 0) is 23.5 Å². The van der Waals surface area contributed by atoms with Crippen molar-refractivity contribution in [2.24, 2.45) is 4.99 Å². The van der Waals surface area contributed by atoms with Gasteiger partial charge in [-0.1, -0.05) is 24.3 Å². The molecule has 3 N–H and O–H groups in total. The molecule has 1 aromatic carbocycles. The second-order valence-electron chi connectivity index (χ2n) is 6.25. The zero-order valence-electron chi connectivity index (χ0n) is 16.2. The standard InChI is InChI=1S/C20H29N3O3.HI/c1-4-21-19(23-15-20(3,24)18-7-6-12-26-18)22-13-16-8-10-17(11-9-16)14-25-5-2;/h6-12,24H,4-5,13-15H2,1-3H3,(H2,21,22,23);1H. The predicted octanol–water partition coefficient (Wildman–Crippen LogP) is 3.40. The van der Waals surface area contributed by atoms with Crippen LogP contribution >= 0.6 is 24.0 Å². The zero-order valence-corrected chi connectivity index (χ0v) is 18.5. The van der Waals surface area contributed by atoms with Crippen LogP contribution in [0.2, 0.25) is 0 Å². The summed E-state index contributed by atoms with van der Waals surface area (Å²) in [6, 6.07) is 11.7. The summed E-state index contributed by atoms with van der Waals surface area (Å²) in [4.78, 5) is 4.58. The average molecular weight is 487 g/mol. The molecule has 1 unspecified atom stereocenters. The van der Waals surface area contributed by atoms with Gasteiger partial charge in [-0.3, -0.25) is 0 Å². The summed E-state index contributed by atoms with van der Waals surface area (Å²) >= 11 is 0. The number of halogens is 1. The number of furan rings is 1. The van der Waals surface area contributed by atoms with Crippen molar-refractivity contribution in [3.05, 3.63) is 59.5 Å². The zero-order chi connectivity index (χ0) is 18.8. The van der Waals surface area contributed by atoms with E-state index in [4.69, 9.17) is 9.15 Å². The lowest BCUT2D eigenvalue weighted by molar-refractivity contribution is 0.0386. The summed E-state index contributed by atoms with van der Waals surface area (Å²) in [5.74, 6) is 1.17. The fraction of sp³-hybridized carbons (Fsp3) is 0.450. The van der Waals surface area contributed by atoms with Crippen molar-refractivity contribution in [3.8, 4) is 0 Å². The summed E-state index contributed by atoms with van der Waals surface area (Å²) < 4.78 is 10.7. The van der Waals surface area contributed by atoms with E-state index in [0.29, 0.717) is 38.0 Å². The molecule has 0 radical (unpaired) electrons. The second kappa shape index (κ2) is 12.0. The number of hydrogen-bond donors (Lipinski definition) is 3. The smallest absolute Gasteiger partial charge is 0.191 e. The first-order valence-corrected chi connectivity index (χ1v) is 8.99. The van der Waals surface area contributed by atoms with E-state index in [1.807, 2.05) is 13.8 Å². The molecule has 150 valence electrons. The van der Waals surface area contributed by atoms with Crippen LogP contribution in [0.15, 0.2) is 52.1 Å². The van der Waals surface area contributed by atoms with Gasteiger partial charge in [0.1, 0.15) is 11.4 Å². The van der Waals surface area contributed by atoms with Crippen LogP contribution in [0, 0.1) is 0 Å². The topological polar surface area (TPSA) is 79.0 Å². The number of ether oxygens (including phenoxy) is 1. The quantitative estimate of drug-likeness (QED) is 0.287. The third-order valence-electron chi connectivity index (χ3n) is 3.91. The number of rotatable bonds is 9. The lowest BCUT2D eigenvalue weighted by Crippen LogP contribution is -2.44. The van der Waals surface area contributed by atoms with Gasteiger partial charge in [0.15, 0.2) is 5.96 Å². The minimum absolute atomic E-state index is 0. The van der Waals surface area contributed by atoms with Crippen molar-refractivity contribution in [3.63, 3.8) is 0 Å². The Balaban J connectivity index is 0.00000364. The normalized spacial score (nSPS) is 13.6. The molecule has 0 bridgehead atoms. The first-order valence-electron chi connectivity index (χ1n) is 8.99. The van der Waals surface area contributed by atoms with Gasteiger partial charge in [0.05, 0.1) is 26.0 Å². The number of nitrogens with zero attached hydrogens (tertiary/aromatic N) is 1. The van der Waals surface area contributed by atoms with Gasteiger partial charge in [-0.25, -0.2) is 4.99 Å². The Bertz CT molecular complexity index is 670. The lowest BCUT2D eigenvalue weighted by Gasteiger charge is -2.22. The molecule has 6 nitrogen and oxygen atoms in total. The molecule has 0 aliphatic heterocycles. The van der Waals surface area contributed by atoms with Crippen molar-refractivity contribution in [2.75, 3.05) is 19.7 Å². The molecule has 1 aromatic heterocycles. The number of benzene rings is 1. The SMILES string of the molecule is CCNC(=NCc1ccc(COCC)cc1)NCC(C)(O)c1ccco1.I. The molecule has 0 fully saturated rings. The summed E-state index contributed by atoms with van der Waals surface area (Å²) in [6.45, 7) is 8.62. The Kier molecular flexibility index (Phi) is 10.4. The molecule has 0 saturated heterocycles.